The van der Waals surface area contributed by atoms with E-state index in [-0.39, 0.29) is 29.6 Å². The molecule has 0 spiro atoms. The molecule has 23 heavy (non-hydrogen) atoms. The van der Waals surface area contributed by atoms with Crippen molar-refractivity contribution in [3.63, 3.8) is 0 Å². The standard InChI is InChI=1S/C19H27NO3/c1-18(2,3)16-11-14(17(21)23-16)20-15(12-22-19(20,4)5)13-9-7-6-8-10-13/h6-10,14-16H,11-12H2,1-5H3/t14-,15-,16-/m1/s1. The minimum absolute atomic E-state index is 0.0443. The van der Waals surface area contributed by atoms with Gasteiger partial charge < -0.3 is 9.47 Å². The number of esters is 1. The SMILES string of the molecule is CC(C)(C)[C@H]1C[C@@H](N2[C@@H](c3ccccc3)COC2(C)C)C(=O)O1. The summed E-state index contributed by atoms with van der Waals surface area (Å²) in [4.78, 5) is 14.8. The molecule has 1 aromatic rings. The van der Waals surface area contributed by atoms with Gasteiger partial charge in [-0.2, -0.15) is 0 Å². The molecule has 126 valence electrons. The molecule has 3 atom stereocenters. The van der Waals surface area contributed by atoms with Crippen LogP contribution in [0.5, 0.6) is 0 Å². The largest absolute Gasteiger partial charge is 0.461 e. The lowest BCUT2D eigenvalue weighted by atomic mass is 9.86. The lowest BCUT2D eigenvalue weighted by Crippen LogP contribution is -2.49. The molecule has 0 N–H and O–H groups in total. The number of cyclic esters (lactones) is 1. The Balaban J connectivity index is 1.90. The Morgan fingerprint density at radius 1 is 1.13 bits per heavy atom. The Morgan fingerprint density at radius 2 is 1.78 bits per heavy atom. The maximum absolute atomic E-state index is 12.6. The van der Waals surface area contributed by atoms with Crippen molar-refractivity contribution in [2.75, 3.05) is 6.61 Å². The van der Waals surface area contributed by atoms with Crippen molar-refractivity contribution in [1.29, 1.82) is 0 Å². The third-order valence-corrected chi connectivity index (χ3v) is 5.01. The van der Waals surface area contributed by atoms with E-state index < -0.39 is 5.72 Å². The Kier molecular flexibility index (Phi) is 4.01. The molecule has 2 aliphatic rings. The molecule has 0 aromatic heterocycles. The van der Waals surface area contributed by atoms with Crippen LogP contribution in [-0.4, -0.2) is 35.3 Å². The lowest BCUT2D eigenvalue weighted by molar-refractivity contribution is -0.153. The molecule has 0 radical (unpaired) electrons. The summed E-state index contributed by atoms with van der Waals surface area (Å²) >= 11 is 0. The van der Waals surface area contributed by atoms with Crippen LogP contribution in [0, 0.1) is 5.41 Å². The molecule has 1 aromatic carbocycles. The van der Waals surface area contributed by atoms with E-state index in [0.29, 0.717) is 6.61 Å². The van der Waals surface area contributed by atoms with Crippen LogP contribution in [0.2, 0.25) is 0 Å². The van der Waals surface area contributed by atoms with Crippen molar-refractivity contribution in [2.45, 2.75) is 65.0 Å². The van der Waals surface area contributed by atoms with Gasteiger partial charge in [-0.1, -0.05) is 51.1 Å². The van der Waals surface area contributed by atoms with Crippen molar-refractivity contribution in [2.24, 2.45) is 5.41 Å². The van der Waals surface area contributed by atoms with Crippen molar-refractivity contribution in [3.05, 3.63) is 35.9 Å². The van der Waals surface area contributed by atoms with Gasteiger partial charge in [-0.25, -0.2) is 0 Å². The summed E-state index contributed by atoms with van der Waals surface area (Å²) in [6, 6.07) is 10.1. The van der Waals surface area contributed by atoms with E-state index >= 15 is 0 Å². The molecule has 3 rings (SSSR count). The summed E-state index contributed by atoms with van der Waals surface area (Å²) in [6.07, 6.45) is 0.672. The third-order valence-electron chi connectivity index (χ3n) is 5.01. The first-order valence-corrected chi connectivity index (χ1v) is 8.38. The summed E-state index contributed by atoms with van der Waals surface area (Å²) in [5, 5.41) is 0. The quantitative estimate of drug-likeness (QED) is 0.782. The summed E-state index contributed by atoms with van der Waals surface area (Å²) in [5.41, 5.74) is 0.666. The Bertz CT molecular complexity index is 576. The van der Waals surface area contributed by atoms with E-state index in [1.807, 2.05) is 32.0 Å². The van der Waals surface area contributed by atoms with Gasteiger partial charge in [-0.3, -0.25) is 9.69 Å². The van der Waals surface area contributed by atoms with Crippen molar-refractivity contribution in [3.8, 4) is 0 Å². The van der Waals surface area contributed by atoms with Gasteiger partial charge in [0, 0.05) is 6.42 Å². The van der Waals surface area contributed by atoms with Crippen LogP contribution in [0.3, 0.4) is 0 Å². The summed E-state index contributed by atoms with van der Waals surface area (Å²) in [7, 11) is 0. The molecule has 0 aliphatic carbocycles. The van der Waals surface area contributed by atoms with Gasteiger partial charge in [0.2, 0.25) is 0 Å². The van der Waals surface area contributed by atoms with Crippen LogP contribution in [0.4, 0.5) is 0 Å². The summed E-state index contributed by atoms with van der Waals surface area (Å²) in [5.74, 6) is -0.121. The van der Waals surface area contributed by atoms with Crippen LogP contribution in [0.15, 0.2) is 30.3 Å². The van der Waals surface area contributed by atoms with Crippen molar-refractivity contribution >= 4 is 5.97 Å². The number of ether oxygens (including phenoxy) is 2. The fraction of sp³-hybridized carbons (Fsp3) is 0.632. The Morgan fingerprint density at radius 3 is 2.35 bits per heavy atom. The average Bonchev–Trinajstić information content (AvgIpc) is 2.99. The number of carbonyl (C=O) groups is 1. The van der Waals surface area contributed by atoms with E-state index in [4.69, 9.17) is 9.47 Å². The monoisotopic (exact) mass is 317 g/mol. The number of carbonyl (C=O) groups excluding carboxylic acids is 1. The highest BCUT2D eigenvalue weighted by Crippen LogP contribution is 2.43. The average molecular weight is 317 g/mol. The second-order valence-corrected chi connectivity index (χ2v) is 8.13. The summed E-state index contributed by atoms with van der Waals surface area (Å²) < 4.78 is 11.7. The van der Waals surface area contributed by atoms with E-state index in [2.05, 4.69) is 37.8 Å². The van der Waals surface area contributed by atoms with Crippen LogP contribution in [0.25, 0.3) is 0 Å². The van der Waals surface area contributed by atoms with Gasteiger partial charge in [0.1, 0.15) is 17.9 Å². The van der Waals surface area contributed by atoms with Crippen LogP contribution < -0.4 is 0 Å². The van der Waals surface area contributed by atoms with E-state index in [0.717, 1.165) is 6.42 Å². The fourth-order valence-corrected chi connectivity index (χ4v) is 3.66. The molecule has 2 saturated heterocycles. The van der Waals surface area contributed by atoms with Gasteiger partial charge in [-0.15, -0.1) is 0 Å². The van der Waals surface area contributed by atoms with E-state index in [9.17, 15) is 4.79 Å². The molecular formula is C19H27NO3. The normalized spacial score (nSPS) is 31.3. The van der Waals surface area contributed by atoms with Crippen LogP contribution in [0.1, 0.15) is 52.6 Å². The second kappa shape index (κ2) is 5.60. The van der Waals surface area contributed by atoms with Crippen LogP contribution in [-0.2, 0) is 14.3 Å². The van der Waals surface area contributed by atoms with E-state index in [1.165, 1.54) is 5.56 Å². The first-order valence-electron chi connectivity index (χ1n) is 8.38. The van der Waals surface area contributed by atoms with E-state index in [1.54, 1.807) is 0 Å². The fourth-order valence-electron chi connectivity index (χ4n) is 3.66. The molecule has 0 bridgehead atoms. The number of hydrogen-bond acceptors (Lipinski definition) is 4. The van der Waals surface area contributed by atoms with Gasteiger partial charge in [0.05, 0.1) is 12.6 Å². The molecule has 4 heteroatoms. The first kappa shape index (κ1) is 16.5. The van der Waals surface area contributed by atoms with Crippen LogP contribution >= 0.6 is 0 Å². The maximum atomic E-state index is 12.6. The number of hydrogen-bond donors (Lipinski definition) is 0. The molecule has 2 fully saturated rings. The number of benzene rings is 1. The van der Waals surface area contributed by atoms with Gasteiger partial charge >= 0.3 is 5.97 Å². The van der Waals surface area contributed by atoms with Crippen molar-refractivity contribution < 1.29 is 14.3 Å². The highest BCUT2D eigenvalue weighted by Gasteiger charge is 2.52. The predicted octanol–water partition coefficient (Wildman–Crippen LogP) is 3.53. The number of rotatable bonds is 2. The highest BCUT2D eigenvalue weighted by atomic mass is 16.6. The molecule has 0 saturated carbocycles. The minimum Gasteiger partial charge on any atom is -0.461 e. The van der Waals surface area contributed by atoms with Gasteiger partial charge in [0.15, 0.2) is 0 Å². The molecule has 4 nitrogen and oxygen atoms in total. The Labute approximate surface area is 138 Å². The predicted molar refractivity (Wildman–Crippen MR) is 88.8 cm³/mol. The lowest BCUT2D eigenvalue weighted by Gasteiger charge is -2.36. The highest BCUT2D eigenvalue weighted by molar-refractivity contribution is 5.78. The van der Waals surface area contributed by atoms with Gasteiger partial charge in [0.25, 0.3) is 0 Å². The van der Waals surface area contributed by atoms with Crippen molar-refractivity contribution in [1.82, 2.24) is 4.90 Å². The topological polar surface area (TPSA) is 38.8 Å². The zero-order chi connectivity index (χ0) is 16.8. The minimum atomic E-state index is -0.475. The first-order chi connectivity index (χ1) is 10.7. The molecule has 2 aliphatic heterocycles. The molecule has 0 unspecified atom stereocenters. The smallest absolute Gasteiger partial charge is 0.323 e. The molecule has 0 amide bonds. The van der Waals surface area contributed by atoms with Gasteiger partial charge in [-0.05, 0) is 24.8 Å². The Hall–Kier alpha value is -1.39. The summed E-state index contributed by atoms with van der Waals surface area (Å²) in [6.45, 7) is 11.0. The molecule has 2 heterocycles. The second-order valence-electron chi connectivity index (χ2n) is 8.13. The zero-order valence-corrected chi connectivity index (χ0v) is 14.7. The number of nitrogens with zero attached hydrogens (tertiary/aromatic N) is 1. The zero-order valence-electron chi connectivity index (χ0n) is 14.7. The molecular weight excluding hydrogens is 290 g/mol. The third kappa shape index (κ3) is 3.02. The maximum Gasteiger partial charge on any atom is 0.323 e.